The Hall–Kier alpha value is -1.65. The molecule has 0 aliphatic heterocycles. The maximum atomic E-state index is 11.8. The Morgan fingerprint density at radius 1 is 1.29 bits per heavy atom. The Kier molecular flexibility index (Phi) is 3.70. The van der Waals surface area contributed by atoms with Crippen molar-refractivity contribution < 1.29 is 24.2 Å². The highest BCUT2D eigenvalue weighted by Crippen LogP contribution is 2.32. The zero-order chi connectivity index (χ0) is 13.2. The van der Waals surface area contributed by atoms with E-state index in [4.69, 9.17) is 0 Å². The summed E-state index contributed by atoms with van der Waals surface area (Å²) in [6, 6.07) is 0. The fourth-order valence-corrected chi connectivity index (χ4v) is 1.79. The number of rotatable bonds is 2. The van der Waals surface area contributed by atoms with Crippen LogP contribution in [0.15, 0.2) is 11.3 Å². The summed E-state index contributed by atoms with van der Waals surface area (Å²) in [5, 5.41) is 9.63. The SMILES string of the molecule is CCOC(=O)C1=C(O)C(=O)CC(C)(C)CC1=O. The van der Waals surface area contributed by atoms with E-state index in [9.17, 15) is 19.5 Å². The lowest BCUT2D eigenvalue weighted by atomic mass is 9.83. The molecule has 0 radical (unpaired) electrons. The number of Topliss-reactive ketones (excluding diaryl/α,β-unsaturated/α-hetero) is 2. The minimum atomic E-state index is -0.930. The second kappa shape index (κ2) is 4.69. The molecule has 0 aromatic rings. The van der Waals surface area contributed by atoms with Crippen LogP contribution in [-0.2, 0) is 19.1 Å². The number of esters is 1. The van der Waals surface area contributed by atoms with Gasteiger partial charge in [-0.1, -0.05) is 13.8 Å². The van der Waals surface area contributed by atoms with Crippen LogP contribution in [0, 0.1) is 5.41 Å². The van der Waals surface area contributed by atoms with Crippen molar-refractivity contribution in [1.29, 1.82) is 0 Å². The lowest BCUT2D eigenvalue weighted by Gasteiger charge is -2.19. The average molecular weight is 240 g/mol. The molecular weight excluding hydrogens is 224 g/mol. The Morgan fingerprint density at radius 2 is 1.82 bits per heavy atom. The lowest BCUT2D eigenvalue weighted by molar-refractivity contribution is -0.140. The van der Waals surface area contributed by atoms with Gasteiger partial charge in [0.1, 0.15) is 5.57 Å². The molecule has 5 heteroatoms. The number of carbonyl (C=O) groups excluding carboxylic acids is 3. The van der Waals surface area contributed by atoms with Crippen molar-refractivity contribution in [2.75, 3.05) is 6.61 Å². The normalized spacial score (nSPS) is 20.2. The van der Waals surface area contributed by atoms with Gasteiger partial charge >= 0.3 is 5.97 Å². The molecule has 0 unspecified atom stereocenters. The van der Waals surface area contributed by atoms with E-state index in [-0.39, 0.29) is 19.4 Å². The highest BCUT2D eigenvalue weighted by Gasteiger charge is 2.38. The van der Waals surface area contributed by atoms with Crippen molar-refractivity contribution in [3.8, 4) is 0 Å². The summed E-state index contributed by atoms with van der Waals surface area (Å²) in [4.78, 5) is 35.0. The van der Waals surface area contributed by atoms with E-state index in [1.807, 2.05) is 0 Å². The smallest absolute Gasteiger partial charge is 0.345 e. The molecule has 94 valence electrons. The molecule has 0 saturated carbocycles. The third-order valence-corrected chi connectivity index (χ3v) is 2.54. The molecule has 0 atom stereocenters. The standard InChI is InChI=1S/C12H16O5/c1-4-17-11(16)9-7(13)5-12(2,3)6-8(14)10(9)15/h15H,4-6H2,1-3H3. The van der Waals surface area contributed by atoms with Crippen molar-refractivity contribution in [2.24, 2.45) is 5.41 Å². The molecule has 0 aromatic carbocycles. The monoisotopic (exact) mass is 240 g/mol. The number of hydrogen-bond donors (Lipinski definition) is 1. The molecule has 1 rings (SSSR count). The quantitative estimate of drug-likeness (QED) is 0.581. The van der Waals surface area contributed by atoms with Crippen LogP contribution >= 0.6 is 0 Å². The third kappa shape index (κ3) is 2.93. The number of allylic oxidation sites excluding steroid dienone is 1. The van der Waals surface area contributed by atoms with E-state index < -0.39 is 34.3 Å². The Labute approximate surface area is 99.5 Å². The van der Waals surface area contributed by atoms with Crippen molar-refractivity contribution in [1.82, 2.24) is 0 Å². The van der Waals surface area contributed by atoms with E-state index in [0.717, 1.165) is 0 Å². The summed E-state index contributed by atoms with van der Waals surface area (Å²) < 4.78 is 4.66. The molecule has 0 amide bonds. The third-order valence-electron chi connectivity index (χ3n) is 2.54. The average Bonchev–Trinajstić information content (AvgIpc) is 2.22. The second-order valence-electron chi connectivity index (χ2n) is 4.81. The molecule has 0 spiro atoms. The molecule has 1 aliphatic carbocycles. The summed E-state index contributed by atoms with van der Waals surface area (Å²) in [6.45, 7) is 5.15. The summed E-state index contributed by atoms with van der Waals surface area (Å²) in [6.07, 6.45) is 0.0738. The molecule has 0 saturated heterocycles. The number of ether oxygens (including phenoxy) is 1. The van der Waals surface area contributed by atoms with E-state index in [0.29, 0.717) is 0 Å². The topological polar surface area (TPSA) is 80.7 Å². The number of ketones is 2. The number of aliphatic hydroxyl groups excluding tert-OH is 1. The van der Waals surface area contributed by atoms with Gasteiger partial charge in [-0.05, 0) is 12.3 Å². The van der Waals surface area contributed by atoms with E-state index in [2.05, 4.69) is 4.74 Å². The Bertz CT molecular complexity index is 403. The van der Waals surface area contributed by atoms with E-state index >= 15 is 0 Å². The first-order valence-electron chi connectivity index (χ1n) is 5.45. The van der Waals surface area contributed by atoms with Crippen LogP contribution in [0.5, 0.6) is 0 Å². The Balaban J connectivity index is 3.16. The zero-order valence-corrected chi connectivity index (χ0v) is 10.2. The van der Waals surface area contributed by atoms with Crippen LogP contribution in [-0.4, -0.2) is 29.2 Å². The van der Waals surface area contributed by atoms with Crippen LogP contribution in [0.4, 0.5) is 0 Å². The first-order valence-corrected chi connectivity index (χ1v) is 5.45. The lowest BCUT2D eigenvalue weighted by Crippen LogP contribution is -2.21. The first-order chi connectivity index (χ1) is 7.78. The van der Waals surface area contributed by atoms with Crippen LogP contribution < -0.4 is 0 Å². The van der Waals surface area contributed by atoms with Gasteiger partial charge in [0.05, 0.1) is 6.61 Å². The van der Waals surface area contributed by atoms with Crippen LogP contribution in [0.25, 0.3) is 0 Å². The van der Waals surface area contributed by atoms with E-state index in [1.54, 1.807) is 20.8 Å². The second-order valence-corrected chi connectivity index (χ2v) is 4.81. The van der Waals surface area contributed by atoms with Crippen LogP contribution in [0.3, 0.4) is 0 Å². The number of hydrogen-bond acceptors (Lipinski definition) is 5. The molecule has 17 heavy (non-hydrogen) atoms. The van der Waals surface area contributed by atoms with Gasteiger partial charge in [0, 0.05) is 12.8 Å². The highest BCUT2D eigenvalue weighted by atomic mass is 16.5. The van der Waals surface area contributed by atoms with Gasteiger partial charge in [-0.3, -0.25) is 9.59 Å². The molecule has 0 heterocycles. The molecule has 5 nitrogen and oxygen atoms in total. The van der Waals surface area contributed by atoms with Gasteiger partial charge < -0.3 is 9.84 Å². The Morgan fingerprint density at radius 3 is 2.35 bits per heavy atom. The van der Waals surface area contributed by atoms with E-state index in [1.165, 1.54) is 0 Å². The maximum absolute atomic E-state index is 11.8. The van der Waals surface area contributed by atoms with Gasteiger partial charge in [0.25, 0.3) is 0 Å². The fraction of sp³-hybridized carbons (Fsp3) is 0.583. The first kappa shape index (κ1) is 13.4. The van der Waals surface area contributed by atoms with Gasteiger partial charge in [-0.25, -0.2) is 4.79 Å². The van der Waals surface area contributed by atoms with Gasteiger partial charge in [0.2, 0.25) is 0 Å². The number of aliphatic hydroxyl groups is 1. The summed E-state index contributed by atoms with van der Waals surface area (Å²) in [7, 11) is 0. The molecule has 0 bridgehead atoms. The fourth-order valence-electron chi connectivity index (χ4n) is 1.79. The minimum absolute atomic E-state index is 0.0352. The van der Waals surface area contributed by atoms with Crippen molar-refractivity contribution >= 4 is 17.5 Å². The minimum Gasteiger partial charge on any atom is -0.504 e. The van der Waals surface area contributed by atoms with Crippen molar-refractivity contribution in [3.63, 3.8) is 0 Å². The molecule has 0 aromatic heterocycles. The summed E-state index contributed by atoms with van der Waals surface area (Å²) in [5.41, 5.74) is -1.07. The van der Waals surface area contributed by atoms with Gasteiger partial charge in [-0.2, -0.15) is 0 Å². The summed E-state index contributed by atoms with van der Waals surface area (Å²) in [5.74, 6) is -2.83. The largest absolute Gasteiger partial charge is 0.504 e. The highest BCUT2D eigenvalue weighted by molar-refractivity contribution is 6.22. The van der Waals surface area contributed by atoms with Gasteiger partial charge in [-0.15, -0.1) is 0 Å². The molecule has 0 fully saturated rings. The summed E-state index contributed by atoms with van der Waals surface area (Å²) >= 11 is 0. The molecular formula is C12H16O5. The predicted molar refractivity (Wildman–Crippen MR) is 59.3 cm³/mol. The van der Waals surface area contributed by atoms with Crippen LogP contribution in [0.2, 0.25) is 0 Å². The van der Waals surface area contributed by atoms with Crippen molar-refractivity contribution in [2.45, 2.75) is 33.6 Å². The maximum Gasteiger partial charge on any atom is 0.345 e. The predicted octanol–water partition coefficient (Wildman–Crippen LogP) is 1.32. The number of carbonyl (C=O) groups is 3. The van der Waals surface area contributed by atoms with Gasteiger partial charge in [0.15, 0.2) is 17.3 Å². The molecule has 1 aliphatic rings. The molecule has 1 N–H and O–H groups in total. The van der Waals surface area contributed by atoms with Crippen molar-refractivity contribution in [3.05, 3.63) is 11.3 Å². The van der Waals surface area contributed by atoms with Crippen LogP contribution in [0.1, 0.15) is 33.6 Å². The zero-order valence-electron chi connectivity index (χ0n) is 10.2.